The Balaban J connectivity index is 2.13. The summed E-state index contributed by atoms with van der Waals surface area (Å²) < 4.78 is 0.989. The predicted molar refractivity (Wildman–Crippen MR) is 91.8 cm³/mol. The summed E-state index contributed by atoms with van der Waals surface area (Å²) in [5, 5.41) is 12.2. The van der Waals surface area contributed by atoms with Gasteiger partial charge in [0.15, 0.2) is 5.82 Å². The minimum atomic E-state index is -0.381. The van der Waals surface area contributed by atoms with Crippen molar-refractivity contribution in [1.82, 2.24) is 15.5 Å². The number of nitrogens with one attached hydrogen (secondary N) is 3. The molecule has 0 unspecified atom stereocenters. The van der Waals surface area contributed by atoms with Gasteiger partial charge in [0.1, 0.15) is 0 Å². The Morgan fingerprint density at radius 2 is 1.96 bits per heavy atom. The zero-order chi connectivity index (χ0) is 16.8. The van der Waals surface area contributed by atoms with E-state index in [1.807, 2.05) is 31.2 Å². The molecule has 122 valence electrons. The lowest BCUT2D eigenvalue weighted by Crippen LogP contribution is -2.36. The van der Waals surface area contributed by atoms with Gasteiger partial charge in [0.25, 0.3) is 0 Å². The van der Waals surface area contributed by atoms with Crippen LogP contribution in [0.1, 0.15) is 12.5 Å². The third kappa shape index (κ3) is 4.40. The van der Waals surface area contributed by atoms with Crippen molar-refractivity contribution >= 4 is 33.6 Å². The van der Waals surface area contributed by atoms with Crippen LogP contribution in [-0.4, -0.2) is 35.1 Å². The van der Waals surface area contributed by atoms with Gasteiger partial charge in [-0.05, 0) is 24.1 Å². The summed E-state index contributed by atoms with van der Waals surface area (Å²) in [5.41, 5.74) is 7.92. The quantitative estimate of drug-likeness (QED) is 0.607. The van der Waals surface area contributed by atoms with E-state index in [4.69, 9.17) is 5.73 Å². The van der Waals surface area contributed by atoms with Gasteiger partial charge in [-0.25, -0.2) is 0 Å². The van der Waals surface area contributed by atoms with E-state index in [0.717, 1.165) is 21.3 Å². The summed E-state index contributed by atoms with van der Waals surface area (Å²) in [4.78, 5) is 22.9. The maximum Gasteiger partial charge on any atom is 0.244 e. The molecule has 0 bridgehead atoms. The van der Waals surface area contributed by atoms with Crippen LogP contribution in [0.2, 0.25) is 0 Å². The number of benzene rings is 1. The molecule has 1 aromatic carbocycles. The highest BCUT2D eigenvalue weighted by Crippen LogP contribution is 2.28. The van der Waals surface area contributed by atoms with Gasteiger partial charge in [-0.3, -0.25) is 14.7 Å². The number of aromatic nitrogens is 2. The number of hydrogen-bond acceptors (Lipinski definition) is 4. The molecular formula is C15H18BrN5O2. The number of anilines is 1. The van der Waals surface area contributed by atoms with Crippen molar-refractivity contribution in [2.75, 3.05) is 18.4 Å². The van der Waals surface area contributed by atoms with Crippen LogP contribution in [0, 0.1) is 0 Å². The number of carbonyl (C=O) groups is 2. The third-order valence-corrected chi connectivity index (χ3v) is 3.77. The van der Waals surface area contributed by atoms with E-state index in [2.05, 4.69) is 36.8 Å². The molecule has 1 aromatic heterocycles. The summed E-state index contributed by atoms with van der Waals surface area (Å²) in [6.45, 7) is 1.70. The predicted octanol–water partition coefficient (Wildman–Crippen LogP) is 1.42. The lowest BCUT2D eigenvalue weighted by molar-refractivity contribution is -0.123. The monoisotopic (exact) mass is 379 g/mol. The number of nitrogens with two attached hydrogens (primary N) is 1. The second-order valence-electron chi connectivity index (χ2n) is 4.82. The summed E-state index contributed by atoms with van der Waals surface area (Å²) in [6.07, 6.45) is 0.701. The van der Waals surface area contributed by atoms with Crippen LogP contribution in [0.25, 0.3) is 11.3 Å². The van der Waals surface area contributed by atoms with Crippen LogP contribution in [0.15, 0.2) is 28.7 Å². The molecule has 0 fully saturated rings. The average Bonchev–Trinajstić information content (AvgIpc) is 2.95. The van der Waals surface area contributed by atoms with Crippen LogP contribution in [0.5, 0.6) is 0 Å². The fraction of sp³-hybridized carbons (Fsp3) is 0.267. The highest BCUT2D eigenvalue weighted by molar-refractivity contribution is 9.10. The number of hydrogen-bond donors (Lipinski definition) is 4. The number of nitrogens with zero attached hydrogens (tertiary/aromatic N) is 1. The maximum atomic E-state index is 11.9. The summed E-state index contributed by atoms with van der Waals surface area (Å²) >= 11 is 3.40. The van der Waals surface area contributed by atoms with Crippen molar-refractivity contribution in [2.24, 2.45) is 5.73 Å². The van der Waals surface area contributed by atoms with E-state index < -0.39 is 0 Å². The van der Waals surface area contributed by atoms with Crippen LogP contribution in [0.4, 0.5) is 5.82 Å². The zero-order valence-electron chi connectivity index (χ0n) is 12.6. The zero-order valence-corrected chi connectivity index (χ0v) is 14.2. The summed E-state index contributed by atoms with van der Waals surface area (Å²) in [5.74, 6) is -0.263. The molecule has 2 aromatic rings. The third-order valence-electron chi connectivity index (χ3n) is 3.24. The maximum absolute atomic E-state index is 11.9. The van der Waals surface area contributed by atoms with Gasteiger partial charge >= 0.3 is 0 Å². The molecule has 0 saturated carbocycles. The molecule has 0 aliphatic carbocycles. The Labute approximate surface area is 142 Å². The Morgan fingerprint density at radius 3 is 2.57 bits per heavy atom. The molecule has 5 N–H and O–H groups in total. The minimum Gasteiger partial charge on any atom is -0.346 e. The average molecular weight is 380 g/mol. The first-order valence-electron chi connectivity index (χ1n) is 7.15. The first-order chi connectivity index (χ1) is 11.0. The van der Waals surface area contributed by atoms with E-state index in [1.54, 1.807) is 0 Å². The molecule has 0 aliphatic heterocycles. The number of amides is 2. The fourth-order valence-electron chi connectivity index (χ4n) is 2.10. The molecule has 23 heavy (non-hydrogen) atoms. The summed E-state index contributed by atoms with van der Waals surface area (Å²) in [6, 6.07) is 7.81. The molecular weight excluding hydrogens is 362 g/mol. The van der Waals surface area contributed by atoms with Gasteiger partial charge in [-0.1, -0.05) is 35.0 Å². The van der Waals surface area contributed by atoms with Crippen molar-refractivity contribution in [1.29, 1.82) is 0 Å². The summed E-state index contributed by atoms with van der Waals surface area (Å²) in [7, 11) is 0. The van der Waals surface area contributed by atoms with Crippen LogP contribution in [0.3, 0.4) is 0 Å². The van der Waals surface area contributed by atoms with E-state index in [9.17, 15) is 9.59 Å². The van der Waals surface area contributed by atoms with Crippen LogP contribution < -0.4 is 16.4 Å². The lowest BCUT2D eigenvalue weighted by Gasteiger charge is -2.06. The second-order valence-corrected chi connectivity index (χ2v) is 5.73. The molecule has 0 atom stereocenters. The molecule has 2 amide bonds. The van der Waals surface area contributed by atoms with Gasteiger partial charge < -0.3 is 16.4 Å². The molecule has 0 aliphatic rings. The normalized spacial score (nSPS) is 10.4. The molecule has 7 nitrogen and oxygen atoms in total. The number of aromatic amines is 1. The highest BCUT2D eigenvalue weighted by atomic mass is 79.9. The van der Waals surface area contributed by atoms with Gasteiger partial charge in [0.2, 0.25) is 11.8 Å². The van der Waals surface area contributed by atoms with Gasteiger partial charge in [0.05, 0.1) is 18.8 Å². The van der Waals surface area contributed by atoms with E-state index in [1.165, 1.54) is 0 Å². The number of halogens is 1. The number of rotatable bonds is 6. The SMILES string of the molecule is CCc1c(NC(=O)CNC(=O)CN)n[nH]c1-c1ccc(Br)cc1. The highest BCUT2D eigenvalue weighted by Gasteiger charge is 2.15. The Hall–Kier alpha value is -2.19. The second kappa shape index (κ2) is 7.89. The first-order valence-corrected chi connectivity index (χ1v) is 7.94. The van der Waals surface area contributed by atoms with Crippen molar-refractivity contribution in [2.45, 2.75) is 13.3 Å². The van der Waals surface area contributed by atoms with Crippen molar-refractivity contribution < 1.29 is 9.59 Å². The Morgan fingerprint density at radius 1 is 1.26 bits per heavy atom. The van der Waals surface area contributed by atoms with Gasteiger partial charge in [-0.2, -0.15) is 5.10 Å². The lowest BCUT2D eigenvalue weighted by atomic mass is 10.1. The molecule has 0 saturated heterocycles. The fourth-order valence-corrected chi connectivity index (χ4v) is 2.36. The molecule has 2 rings (SSSR count). The van der Waals surface area contributed by atoms with E-state index in [-0.39, 0.29) is 24.9 Å². The van der Waals surface area contributed by atoms with Crippen molar-refractivity contribution in [3.8, 4) is 11.3 Å². The van der Waals surface area contributed by atoms with Gasteiger partial charge in [-0.15, -0.1) is 0 Å². The largest absolute Gasteiger partial charge is 0.346 e. The molecule has 1 heterocycles. The standard InChI is InChI=1S/C15H18BrN5O2/c1-2-11-14(9-3-5-10(16)6-4-9)20-21-15(11)19-13(23)8-18-12(22)7-17/h3-6H,2,7-8,17H2,1H3,(H,18,22)(H2,19,20,21,23). The van der Waals surface area contributed by atoms with Gasteiger partial charge in [0, 0.05) is 10.0 Å². The smallest absolute Gasteiger partial charge is 0.244 e. The molecule has 0 spiro atoms. The van der Waals surface area contributed by atoms with Crippen LogP contribution in [-0.2, 0) is 16.0 Å². The topological polar surface area (TPSA) is 113 Å². The number of carbonyl (C=O) groups excluding carboxylic acids is 2. The minimum absolute atomic E-state index is 0.139. The molecule has 8 heteroatoms. The Bertz CT molecular complexity index is 696. The first kappa shape index (κ1) is 17.2. The van der Waals surface area contributed by atoms with Crippen molar-refractivity contribution in [3.63, 3.8) is 0 Å². The Kier molecular flexibility index (Phi) is 5.89. The number of H-pyrrole nitrogens is 1. The van der Waals surface area contributed by atoms with E-state index >= 15 is 0 Å². The van der Waals surface area contributed by atoms with E-state index in [0.29, 0.717) is 12.2 Å². The molecule has 0 radical (unpaired) electrons. The van der Waals surface area contributed by atoms with Crippen LogP contribution >= 0.6 is 15.9 Å². The van der Waals surface area contributed by atoms with Crippen molar-refractivity contribution in [3.05, 3.63) is 34.3 Å².